The SMILES string of the molecule is COC1=C2C(=O)C(=CC1=O)NC(=O)C(C)=CC=C[C@H](OC)[C@@H](OC(N)=O)C(C)=C[C@H](C)[C@@H](O)[C@@H](OC)C[C@H](C)[C@H]2O. The summed E-state index contributed by atoms with van der Waals surface area (Å²) in [6.45, 7) is 6.55. The van der Waals surface area contributed by atoms with Gasteiger partial charge in [-0.15, -0.1) is 0 Å². The fraction of sp³-hybridized carbons (Fsp3) is 0.517. The Morgan fingerprint density at radius 3 is 2.29 bits per heavy atom. The first-order valence-electron chi connectivity index (χ1n) is 13.1. The molecule has 0 fully saturated rings. The largest absolute Gasteiger partial charge is 0.492 e. The van der Waals surface area contributed by atoms with Crippen molar-refractivity contribution in [1.82, 2.24) is 5.32 Å². The van der Waals surface area contributed by atoms with Gasteiger partial charge >= 0.3 is 6.09 Å². The number of aliphatic hydroxyl groups excluding tert-OH is 2. The molecule has 0 saturated heterocycles. The lowest BCUT2D eigenvalue weighted by Gasteiger charge is -2.31. The topological polar surface area (TPSA) is 184 Å². The van der Waals surface area contributed by atoms with Gasteiger partial charge in [0.05, 0.1) is 36.7 Å². The zero-order valence-corrected chi connectivity index (χ0v) is 24.4. The zero-order chi connectivity index (χ0) is 31.0. The number of Topliss-reactive ketones (excluding diaryl/α,β-unsaturated/α-hetero) is 1. The standard InChI is InChI=1S/C29H40N2O10/c1-14-9-8-10-20(38-5)26(41-29(30)37)17(4)11-15(2)23(33)21(39-6)12-16(3)24(34)22-25(35)18(31-28(14)36)13-19(32)27(22)40-7/h8-11,13,15-16,20-21,23-24,26,33-34H,12H2,1-7H3,(H2,30,37)(H,31,36)/t15-,16-,20-,21-,23+,24+,26-/m0/s1. The first kappa shape index (κ1) is 33.6. The van der Waals surface area contributed by atoms with Crippen LogP contribution in [0.15, 0.2) is 58.6 Å². The summed E-state index contributed by atoms with van der Waals surface area (Å²) in [7, 11) is 4.01. The number of carbonyl (C=O) groups excluding carboxylic acids is 4. The van der Waals surface area contributed by atoms with E-state index in [-0.39, 0.29) is 29.0 Å². The maximum absolute atomic E-state index is 13.4. The molecule has 226 valence electrons. The van der Waals surface area contributed by atoms with Crippen molar-refractivity contribution in [1.29, 1.82) is 0 Å². The van der Waals surface area contributed by atoms with E-state index in [2.05, 4.69) is 5.32 Å². The number of nitrogens with one attached hydrogen (secondary N) is 1. The summed E-state index contributed by atoms with van der Waals surface area (Å²) in [4.78, 5) is 50.7. The Bertz CT molecular complexity index is 1180. The highest BCUT2D eigenvalue weighted by molar-refractivity contribution is 6.23. The van der Waals surface area contributed by atoms with Crippen molar-refractivity contribution in [2.24, 2.45) is 17.6 Å². The number of ketones is 2. The van der Waals surface area contributed by atoms with Crippen LogP contribution in [0.3, 0.4) is 0 Å². The van der Waals surface area contributed by atoms with Crippen LogP contribution in [0.1, 0.15) is 34.1 Å². The highest BCUT2D eigenvalue weighted by Gasteiger charge is 2.38. The number of hydrogen-bond acceptors (Lipinski definition) is 10. The molecular weight excluding hydrogens is 536 g/mol. The molecule has 0 saturated carbocycles. The van der Waals surface area contributed by atoms with E-state index in [1.807, 2.05) is 0 Å². The van der Waals surface area contributed by atoms with Gasteiger partial charge in [-0.25, -0.2) is 4.79 Å². The Morgan fingerprint density at radius 2 is 1.73 bits per heavy atom. The van der Waals surface area contributed by atoms with Gasteiger partial charge in [0.2, 0.25) is 11.6 Å². The van der Waals surface area contributed by atoms with Gasteiger partial charge in [0.25, 0.3) is 5.91 Å². The van der Waals surface area contributed by atoms with Crippen molar-refractivity contribution in [3.63, 3.8) is 0 Å². The molecule has 0 aromatic rings. The first-order chi connectivity index (χ1) is 19.3. The average molecular weight is 577 g/mol. The Kier molecular flexibility index (Phi) is 12.2. The lowest BCUT2D eigenvalue weighted by Crippen LogP contribution is -2.40. The van der Waals surface area contributed by atoms with Crippen LogP contribution in [-0.2, 0) is 33.3 Å². The molecule has 0 unspecified atom stereocenters. The maximum Gasteiger partial charge on any atom is 0.405 e. The number of amides is 2. The van der Waals surface area contributed by atoms with Gasteiger partial charge in [0.1, 0.15) is 6.10 Å². The molecule has 0 spiro atoms. The van der Waals surface area contributed by atoms with Crippen LogP contribution in [0.2, 0.25) is 0 Å². The molecule has 1 aliphatic carbocycles. The quantitative estimate of drug-likeness (QED) is 0.282. The Balaban J connectivity index is 2.66. The molecule has 1 aliphatic heterocycles. The summed E-state index contributed by atoms with van der Waals surface area (Å²) in [5.74, 6) is -3.71. The van der Waals surface area contributed by atoms with E-state index in [4.69, 9.17) is 24.7 Å². The van der Waals surface area contributed by atoms with Crippen molar-refractivity contribution in [3.8, 4) is 0 Å². The second-order valence-corrected chi connectivity index (χ2v) is 10.1. The van der Waals surface area contributed by atoms with E-state index < -0.39 is 65.9 Å². The van der Waals surface area contributed by atoms with Crippen LogP contribution in [0.25, 0.3) is 0 Å². The monoisotopic (exact) mass is 576 g/mol. The summed E-state index contributed by atoms with van der Waals surface area (Å²) in [6.07, 6.45) is 1.02. The van der Waals surface area contributed by atoms with E-state index in [0.29, 0.717) is 5.57 Å². The minimum atomic E-state index is -1.49. The van der Waals surface area contributed by atoms with Crippen LogP contribution in [0, 0.1) is 11.8 Å². The molecule has 2 rings (SSSR count). The second-order valence-electron chi connectivity index (χ2n) is 10.1. The number of rotatable bonds is 4. The fourth-order valence-corrected chi connectivity index (χ4v) is 4.77. The Morgan fingerprint density at radius 1 is 1.07 bits per heavy atom. The number of aliphatic hydroxyl groups is 2. The number of carbonyl (C=O) groups is 4. The van der Waals surface area contributed by atoms with Gasteiger partial charge in [-0.3, -0.25) is 14.4 Å². The van der Waals surface area contributed by atoms with Crippen LogP contribution >= 0.6 is 0 Å². The lowest BCUT2D eigenvalue weighted by atomic mass is 9.83. The van der Waals surface area contributed by atoms with Crippen LogP contribution in [0.5, 0.6) is 0 Å². The van der Waals surface area contributed by atoms with Gasteiger partial charge in [0.15, 0.2) is 11.9 Å². The van der Waals surface area contributed by atoms with Crippen molar-refractivity contribution in [3.05, 3.63) is 58.6 Å². The third-order valence-electron chi connectivity index (χ3n) is 7.14. The van der Waals surface area contributed by atoms with Crippen molar-refractivity contribution in [2.45, 2.75) is 64.6 Å². The third kappa shape index (κ3) is 8.23. The molecule has 12 nitrogen and oxygen atoms in total. The number of ether oxygens (including phenoxy) is 4. The highest BCUT2D eigenvalue weighted by atomic mass is 16.6. The summed E-state index contributed by atoms with van der Waals surface area (Å²) in [6, 6.07) is 0. The molecular formula is C29H40N2O10. The fourth-order valence-electron chi connectivity index (χ4n) is 4.77. The number of primary amides is 1. The first-order valence-corrected chi connectivity index (χ1v) is 13.1. The Hall–Kier alpha value is -3.58. The predicted molar refractivity (Wildman–Crippen MR) is 148 cm³/mol. The summed E-state index contributed by atoms with van der Waals surface area (Å²) in [5.41, 5.74) is 5.39. The molecule has 2 bridgehead atoms. The molecule has 1 heterocycles. The second kappa shape index (κ2) is 14.9. The van der Waals surface area contributed by atoms with E-state index in [9.17, 15) is 29.4 Å². The molecule has 7 atom stereocenters. The minimum absolute atomic E-state index is 0.0793. The van der Waals surface area contributed by atoms with Crippen LogP contribution in [-0.4, -0.2) is 85.6 Å². The van der Waals surface area contributed by atoms with Gasteiger partial charge < -0.3 is 40.2 Å². The lowest BCUT2D eigenvalue weighted by molar-refractivity contribution is -0.121. The van der Waals surface area contributed by atoms with E-state index in [0.717, 1.165) is 6.08 Å². The smallest absolute Gasteiger partial charge is 0.405 e. The van der Waals surface area contributed by atoms with E-state index >= 15 is 0 Å². The van der Waals surface area contributed by atoms with Crippen LogP contribution < -0.4 is 11.1 Å². The van der Waals surface area contributed by atoms with Gasteiger partial charge in [-0.2, -0.15) is 0 Å². The molecule has 41 heavy (non-hydrogen) atoms. The Labute approximate surface area is 239 Å². The number of methoxy groups -OCH3 is 3. The number of fused-ring (bicyclic) bond motifs is 2. The molecule has 2 aliphatic rings. The third-order valence-corrected chi connectivity index (χ3v) is 7.14. The van der Waals surface area contributed by atoms with E-state index in [1.165, 1.54) is 40.4 Å². The number of nitrogens with two attached hydrogens (primary N) is 1. The molecule has 0 radical (unpaired) electrons. The average Bonchev–Trinajstić information content (AvgIpc) is 2.92. The number of hydrogen-bond donors (Lipinski definition) is 4. The van der Waals surface area contributed by atoms with Crippen molar-refractivity contribution in [2.75, 3.05) is 21.3 Å². The van der Waals surface area contributed by atoms with Crippen molar-refractivity contribution < 1.29 is 48.3 Å². The van der Waals surface area contributed by atoms with Crippen molar-refractivity contribution >= 4 is 23.6 Å². The normalized spacial score (nSPS) is 30.7. The van der Waals surface area contributed by atoms with E-state index in [1.54, 1.807) is 32.9 Å². The molecule has 12 heteroatoms. The summed E-state index contributed by atoms with van der Waals surface area (Å²) < 4.78 is 21.5. The minimum Gasteiger partial charge on any atom is -0.492 e. The summed E-state index contributed by atoms with van der Waals surface area (Å²) >= 11 is 0. The highest BCUT2D eigenvalue weighted by Crippen LogP contribution is 2.30. The number of allylic oxidation sites excluding steroid dienone is 4. The van der Waals surface area contributed by atoms with Crippen LogP contribution in [0.4, 0.5) is 4.79 Å². The van der Waals surface area contributed by atoms with Gasteiger partial charge in [-0.1, -0.05) is 38.2 Å². The predicted octanol–water partition coefficient (Wildman–Crippen LogP) is 1.38. The summed E-state index contributed by atoms with van der Waals surface area (Å²) in [5, 5.41) is 24.8. The van der Waals surface area contributed by atoms with Gasteiger partial charge in [-0.05, 0) is 31.8 Å². The molecule has 0 aromatic heterocycles. The van der Waals surface area contributed by atoms with Gasteiger partial charge in [0, 0.05) is 31.8 Å². The zero-order valence-electron chi connectivity index (χ0n) is 24.4. The maximum atomic E-state index is 13.4. The molecule has 0 aromatic carbocycles. The molecule has 5 N–H and O–H groups in total. The molecule has 2 amide bonds.